The Morgan fingerprint density at radius 2 is 1.89 bits per heavy atom. The van der Waals surface area contributed by atoms with Gasteiger partial charge in [0.25, 0.3) is 0 Å². The van der Waals surface area contributed by atoms with Crippen LogP contribution in [-0.4, -0.2) is 39.5 Å². The molecule has 0 fully saturated rings. The Balaban J connectivity index is 0.000000631. The second-order valence-electron chi connectivity index (χ2n) is 3.10. The van der Waals surface area contributed by atoms with Crippen LogP contribution >= 0.6 is 0 Å². The molecule has 0 spiro atoms. The van der Waals surface area contributed by atoms with Crippen LogP contribution in [0, 0.1) is 0 Å². The molecule has 1 rings (SSSR count). The first-order chi connectivity index (χ1) is 8.69. The van der Waals surface area contributed by atoms with Crippen LogP contribution in [0.4, 0.5) is 0 Å². The molecule has 0 unspecified atom stereocenters. The summed E-state index contributed by atoms with van der Waals surface area (Å²) in [5.74, 6) is -0.0181. The minimum absolute atomic E-state index is 0.0181. The van der Waals surface area contributed by atoms with Crippen molar-refractivity contribution in [3.05, 3.63) is 29.3 Å². The summed E-state index contributed by atoms with van der Waals surface area (Å²) in [6, 6.07) is 4.74. The second-order valence-corrected chi connectivity index (χ2v) is 3.10. The van der Waals surface area contributed by atoms with Crippen LogP contribution in [0.3, 0.4) is 0 Å². The van der Waals surface area contributed by atoms with Crippen molar-refractivity contribution < 1.29 is 29.1 Å². The number of rotatable bonds is 6. The average Bonchev–Trinajstić information content (AvgIpc) is 2.41. The van der Waals surface area contributed by atoms with Crippen molar-refractivity contribution in [2.45, 2.75) is 6.61 Å². The zero-order chi connectivity index (χ0) is 13.8. The average molecular weight is 258 g/mol. The molecular weight excluding hydrogens is 240 g/mol. The quantitative estimate of drug-likeness (QED) is 0.274. The molecule has 0 heterocycles. The van der Waals surface area contributed by atoms with Gasteiger partial charge in [0.1, 0.15) is 12.5 Å². The van der Waals surface area contributed by atoms with Crippen LogP contribution in [0.15, 0.2) is 18.2 Å². The largest absolute Gasteiger partial charge is 0.507 e. The Labute approximate surface area is 106 Å². The lowest BCUT2D eigenvalue weighted by atomic mass is 10.1. The van der Waals surface area contributed by atoms with Crippen molar-refractivity contribution in [2.75, 3.05) is 28.1 Å². The number of carbonyl (C=O) groups is 1. The van der Waals surface area contributed by atoms with Gasteiger partial charge < -0.3 is 14.6 Å². The molecule has 0 aromatic heterocycles. The maximum Gasteiger partial charge on any atom is 0.153 e. The van der Waals surface area contributed by atoms with E-state index in [0.29, 0.717) is 12.9 Å². The first kappa shape index (κ1) is 16.5. The lowest BCUT2D eigenvalue weighted by Gasteiger charge is -2.04. The number of benzene rings is 1. The van der Waals surface area contributed by atoms with Crippen LogP contribution in [0.5, 0.6) is 5.75 Å². The maximum atomic E-state index is 10.5. The molecule has 0 saturated heterocycles. The van der Waals surface area contributed by atoms with Crippen LogP contribution in [0.1, 0.15) is 15.9 Å². The predicted molar refractivity (Wildman–Crippen MR) is 64.2 cm³/mol. The molecular formula is C12H18O6. The van der Waals surface area contributed by atoms with Gasteiger partial charge >= 0.3 is 0 Å². The number of hydrogen-bond acceptors (Lipinski definition) is 6. The predicted octanol–water partition coefficient (Wildman–Crippen LogP) is 1.52. The van der Waals surface area contributed by atoms with E-state index < -0.39 is 0 Å². The van der Waals surface area contributed by atoms with Crippen molar-refractivity contribution in [3.63, 3.8) is 0 Å². The zero-order valence-electron chi connectivity index (χ0n) is 10.7. The molecule has 0 atom stereocenters. The van der Waals surface area contributed by atoms with Gasteiger partial charge in [-0.1, -0.05) is 6.07 Å². The normalized spacial score (nSPS) is 9.50. The van der Waals surface area contributed by atoms with Gasteiger partial charge in [-0.2, -0.15) is 0 Å². The fourth-order valence-electron chi connectivity index (χ4n) is 1.03. The number of hydrogen-bond donors (Lipinski definition) is 1. The summed E-state index contributed by atoms with van der Waals surface area (Å²) in [5.41, 5.74) is 1.09. The van der Waals surface area contributed by atoms with Gasteiger partial charge in [-0.25, -0.2) is 9.78 Å². The molecule has 0 aliphatic heterocycles. The number of phenols is 1. The highest BCUT2D eigenvalue weighted by molar-refractivity contribution is 5.79. The van der Waals surface area contributed by atoms with Gasteiger partial charge in [0, 0.05) is 7.11 Å². The van der Waals surface area contributed by atoms with Gasteiger partial charge in [0.2, 0.25) is 0 Å². The highest BCUT2D eigenvalue weighted by atomic mass is 17.2. The van der Waals surface area contributed by atoms with Gasteiger partial charge in [-0.3, -0.25) is 4.79 Å². The summed E-state index contributed by atoms with van der Waals surface area (Å²) >= 11 is 0. The van der Waals surface area contributed by atoms with Crippen molar-refractivity contribution >= 4 is 6.29 Å². The Kier molecular flexibility index (Phi) is 9.80. The number of ether oxygens (including phenoxy) is 2. The number of methoxy groups -OCH3 is 1. The van der Waals surface area contributed by atoms with E-state index in [4.69, 9.17) is 9.47 Å². The van der Waals surface area contributed by atoms with Crippen molar-refractivity contribution in [1.29, 1.82) is 0 Å². The molecule has 0 radical (unpaired) electrons. The lowest BCUT2D eigenvalue weighted by Crippen LogP contribution is -1.97. The molecule has 0 amide bonds. The molecule has 18 heavy (non-hydrogen) atoms. The molecule has 1 N–H and O–H groups in total. The summed E-state index contributed by atoms with van der Waals surface area (Å²) in [5, 5.41) is 9.21. The van der Waals surface area contributed by atoms with E-state index in [1.807, 2.05) is 0 Å². The second kappa shape index (κ2) is 10.7. The van der Waals surface area contributed by atoms with E-state index in [2.05, 4.69) is 9.78 Å². The minimum atomic E-state index is -0.0181. The molecule has 1 aromatic rings. The molecule has 0 aliphatic rings. The third-order valence-electron chi connectivity index (χ3n) is 1.86. The van der Waals surface area contributed by atoms with E-state index >= 15 is 0 Å². The smallest absolute Gasteiger partial charge is 0.153 e. The third-order valence-corrected chi connectivity index (χ3v) is 1.86. The topological polar surface area (TPSA) is 74.2 Å². The van der Waals surface area contributed by atoms with Gasteiger partial charge in [-0.15, -0.1) is 0 Å². The van der Waals surface area contributed by atoms with Crippen LogP contribution < -0.4 is 0 Å². The zero-order valence-corrected chi connectivity index (χ0v) is 10.7. The lowest BCUT2D eigenvalue weighted by molar-refractivity contribution is -0.248. The Hall–Kier alpha value is -1.47. The van der Waals surface area contributed by atoms with Crippen molar-refractivity contribution in [1.82, 2.24) is 0 Å². The highest BCUT2D eigenvalue weighted by Crippen LogP contribution is 2.16. The van der Waals surface area contributed by atoms with E-state index in [1.165, 1.54) is 27.4 Å². The third kappa shape index (κ3) is 6.97. The molecule has 0 aliphatic carbocycles. The van der Waals surface area contributed by atoms with E-state index in [-0.39, 0.29) is 18.1 Å². The van der Waals surface area contributed by atoms with Gasteiger partial charge in [0.15, 0.2) is 6.29 Å². The molecule has 102 valence electrons. The fraction of sp³-hybridized carbons (Fsp3) is 0.417. The number of aromatic hydroxyl groups is 1. The maximum absolute atomic E-state index is 10.5. The molecule has 1 aromatic carbocycles. The number of phenolic OH excluding ortho intramolecular Hbond substituents is 1. The standard InChI is InChI=1S/C10H12O4.C2H6O2/c1-13-7-14-6-8-2-3-10(12)9(4-8)5-11;1-3-4-2/h2-5,12H,6-7H2,1H3;1-2H3. The van der Waals surface area contributed by atoms with E-state index in [0.717, 1.165) is 5.56 Å². The monoisotopic (exact) mass is 258 g/mol. The molecule has 6 heteroatoms. The fourth-order valence-corrected chi connectivity index (χ4v) is 1.03. The summed E-state index contributed by atoms with van der Waals surface area (Å²) < 4.78 is 9.79. The van der Waals surface area contributed by atoms with E-state index in [1.54, 1.807) is 12.1 Å². The van der Waals surface area contributed by atoms with Crippen molar-refractivity contribution in [2.24, 2.45) is 0 Å². The minimum Gasteiger partial charge on any atom is -0.507 e. The first-order valence-electron chi connectivity index (χ1n) is 5.10. The number of aldehydes is 1. The summed E-state index contributed by atoms with van der Waals surface area (Å²) in [7, 11) is 4.45. The SMILES string of the molecule is COCOCc1ccc(O)c(C=O)c1.COOC. The van der Waals surface area contributed by atoms with Crippen LogP contribution in [-0.2, 0) is 25.9 Å². The van der Waals surface area contributed by atoms with Gasteiger partial charge in [0.05, 0.1) is 26.4 Å². The summed E-state index contributed by atoms with van der Waals surface area (Å²) in [6.07, 6.45) is 0.606. The Bertz CT molecular complexity index is 337. The first-order valence-corrected chi connectivity index (χ1v) is 5.10. The number of carbonyl (C=O) groups excluding carboxylic acids is 1. The molecule has 0 bridgehead atoms. The Morgan fingerprint density at radius 3 is 2.39 bits per heavy atom. The molecule has 6 nitrogen and oxygen atoms in total. The molecule has 0 saturated carbocycles. The highest BCUT2D eigenvalue weighted by Gasteiger charge is 2.01. The van der Waals surface area contributed by atoms with E-state index in [9.17, 15) is 9.90 Å². The summed E-state index contributed by atoms with van der Waals surface area (Å²) in [4.78, 5) is 18.6. The Morgan fingerprint density at radius 1 is 1.22 bits per heavy atom. The van der Waals surface area contributed by atoms with Gasteiger partial charge in [-0.05, 0) is 17.7 Å². The van der Waals surface area contributed by atoms with Crippen molar-refractivity contribution in [3.8, 4) is 5.75 Å². The summed E-state index contributed by atoms with van der Waals surface area (Å²) in [6.45, 7) is 0.562. The van der Waals surface area contributed by atoms with Crippen LogP contribution in [0.2, 0.25) is 0 Å². The van der Waals surface area contributed by atoms with Crippen LogP contribution in [0.25, 0.3) is 0 Å².